The molecule has 1 amide bonds. The molecule has 3 aliphatic heterocycles. The third-order valence-corrected chi connectivity index (χ3v) is 7.04. The van der Waals surface area contributed by atoms with Crippen LogP contribution in [0.25, 0.3) is 0 Å². The van der Waals surface area contributed by atoms with Gasteiger partial charge in [-0.15, -0.1) is 0 Å². The van der Waals surface area contributed by atoms with Crippen LogP contribution in [-0.4, -0.2) is 81.7 Å². The van der Waals surface area contributed by atoms with Gasteiger partial charge >= 0.3 is 0 Å². The van der Waals surface area contributed by atoms with E-state index in [1.807, 2.05) is 0 Å². The van der Waals surface area contributed by atoms with E-state index in [0.29, 0.717) is 30.6 Å². The molecule has 3 N–H and O–H groups in total. The van der Waals surface area contributed by atoms with Crippen LogP contribution in [0.5, 0.6) is 0 Å². The molecule has 2 fully saturated rings. The third kappa shape index (κ3) is 4.62. The molecule has 1 aromatic heterocycles. The predicted molar refractivity (Wildman–Crippen MR) is 122 cm³/mol. The molecule has 4 heterocycles. The maximum atomic E-state index is 13.1. The Kier molecular flexibility index (Phi) is 6.34. The van der Waals surface area contributed by atoms with Crippen molar-refractivity contribution in [3.8, 4) is 0 Å². The average molecular weight is 437 g/mol. The summed E-state index contributed by atoms with van der Waals surface area (Å²) in [4.78, 5) is 25.7. The highest BCUT2D eigenvalue weighted by atomic mass is 16.3. The number of anilines is 1. The number of benzene rings is 1. The molecule has 0 unspecified atom stereocenters. The number of β-amino-alcohol motifs (C(OH)–C–C–N with tert-alkyl or cyclic N) is 1. The zero-order chi connectivity index (χ0) is 21.9. The van der Waals surface area contributed by atoms with E-state index in [1.54, 1.807) is 11.0 Å². The topological polar surface area (TPSA) is 93.6 Å². The van der Waals surface area contributed by atoms with E-state index < -0.39 is 6.10 Å². The molecule has 2 aromatic rings. The van der Waals surface area contributed by atoms with Crippen LogP contribution in [0.1, 0.15) is 40.9 Å². The van der Waals surface area contributed by atoms with Gasteiger partial charge < -0.3 is 20.6 Å². The fourth-order valence-corrected chi connectivity index (χ4v) is 5.22. The Labute approximate surface area is 189 Å². The molecular formula is C24H32N6O2. The average Bonchev–Trinajstić information content (AvgIpc) is 2.84. The van der Waals surface area contributed by atoms with Crippen LogP contribution in [0.15, 0.2) is 36.7 Å². The van der Waals surface area contributed by atoms with Crippen LogP contribution in [0, 0.1) is 0 Å². The molecule has 2 atom stereocenters. The van der Waals surface area contributed by atoms with Crippen LogP contribution in [0.3, 0.4) is 0 Å². The van der Waals surface area contributed by atoms with Gasteiger partial charge in [-0.3, -0.25) is 9.69 Å². The molecule has 5 rings (SSSR count). The Morgan fingerprint density at radius 1 is 1.09 bits per heavy atom. The Morgan fingerprint density at radius 3 is 2.72 bits per heavy atom. The molecular weight excluding hydrogens is 404 g/mol. The van der Waals surface area contributed by atoms with Crippen molar-refractivity contribution in [2.75, 3.05) is 38.0 Å². The second-order valence-corrected chi connectivity index (χ2v) is 9.12. The second-order valence-electron chi connectivity index (χ2n) is 9.12. The molecule has 8 heteroatoms. The molecule has 2 saturated heterocycles. The van der Waals surface area contributed by atoms with E-state index in [0.717, 1.165) is 51.9 Å². The van der Waals surface area contributed by atoms with Crippen molar-refractivity contribution < 1.29 is 9.90 Å². The zero-order valence-corrected chi connectivity index (χ0v) is 18.4. The number of nitrogens with one attached hydrogen (secondary N) is 2. The Bertz CT molecular complexity index is 948. The molecule has 1 aromatic carbocycles. The van der Waals surface area contributed by atoms with E-state index in [4.69, 9.17) is 0 Å². The number of fused-ring (bicyclic) bond motifs is 1. The number of nitrogens with zero attached hydrogens (tertiary/aromatic N) is 4. The molecule has 0 spiro atoms. The number of amides is 1. The van der Waals surface area contributed by atoms with Crippen molar-refractivity contribution in [2.24, 2.45) is 0 Å². The lowest BCUT2D eigenvalue weighted by atomic mass is 9.94. The van der Waals surface area contributed by atoms with Gasteiger partial charge in [0.2, 0.25) is 0 Å². The minimum Gasteiger partial charge on any atom is -0.390 e. The van der Waals surface area contributed by atoms with Crippen molar-refractivity contribution in [2.45, 2.75) is 50.4 Å². The quantitative estimate of drug-likeness (QED) is 0.665. The zero-order valence-electron chi connectivity index (χ0n) is 18.4. The molecule has 3 aliphatic rings. The number of rotatable bonds is 4. The summed E-state index contributed by atoms with van der Waals surface area (Å²) in [7, 11) is 0. The summed E-state index contributed by atoms with van der Waals surface area (Å²) in [5.74, 6) is 0.555. The fourth-order valence-electron chi connectivity index (χ4n) is 5.22. The van der Waals surface area contributed by atoms with Crippen LogP contribution in [0.2, 0.25) is 0 Å². The van der Waals surface area contributed by atoms with Gasteiger partial charge in [0.15, 0.2) is 0 Å². The number of carbonyl (C=O) groups excluding carboxylic acids is 1. The largest absolute Gasteiger partial charge is 0.390 e. The van der Waals surface area contributed by atoms with Gasteiger partial charge in [-0.25, -0.2) is 9.97 Å². The van der Waals surface area contributed by atoms with E-state index >= 15 is 0 Å². The van der Waals surface area contributed by atoms with Gasteiger partial charge in [0.05, 0.1) is 6.10 Å². The molecule has 0 bridgehead atoms. The fraction of sp³-hybridized carbons (Fsp3) is 0.542. The summed E-state index contributed by atoms with van der Waals surface area (Å²) in [5, 5.41) is 17.7. The number of hydrogen-bond acceptors (Lipinski definition) is 7. The first-order valence-corrected chi connectivity index (χ1v) is 11.7. The van der Waals surface area contributed by atoms with Gasteiger partial charge in [0, 0.05) is 44.3 Å². The van der Waals surface area contributed by atoms with E-state index in [9.17, 15) is 9.90 Å². The molecule has 170 valence electrons. The van der Waals surface area contributed by atoms with Gasteiger partial charge in [0.1, 0.15) is 17.8 Å². The monoisotopic (exact) mass is 436 g/mol. The number of hydrogen-bond donors (Lipinski definition) is 3. The van der Waals surface area contributed by atoms with Crippen molar-refractivity contribution >= 4 is 11.7 Å². The third-order valence-electron chi connectivity index (χ3n) is 7.04. The first-order valence-electron chi connectivity index (χ1n) is 11.7. The van der Waals surface area contributed by atoms with Crippen LogP contribution >= 0.6 is 0 Å². The first-order chi connectivity index (χ1) is 15.7. The first kappa shape index (κ1) is 21.3. The smallest absolute Gasteiger partial charge is 0.272 e. The summed E-state index contributed by atoms with van der Waals surface area (Å²) < 4.78 is 0. The Balaban J connectivity index is 1.20. The van der Waals surface area contributed by atoms with E-state index in [1.165, 1.54) is 17.5 Å². The SMILES string of the molecule is O=C(c1cc(NC2CCNCC2)ncn1)N1CC[C@H](N2CCc3ccccc3C2)[C@@H](O)C1. The molecule has 0 radical (unpaired) electrons. The van der Waals surface area contributed by atoms with Crippen LogP contribution in [0.4, 0.5) is 5.82 Å². The predicted octanol–water partition coefficient (Wildman–Crippen LogP) is 1.27. The van der Waals surface area contributed by atoms with Crippen molar-refractivity contribution in [3.05, 3.63) is 53.5 Å². The summed E-state index contributed by atoms with van der Waals surface area (Å²) in [6.07, 6.45) is 4.73. The molecule has 32 heavy (non-hydrogen) atoms. The van der Waals surface area contributed by atoms with Crippen LogP contribution < -0.4 is 10.6 Å². The molecule has 0 aliphatic carbocycles. The summed E-state index contributed by atoms with van der Waals surface area (Å²) in [6.45, 7) is 4.75. The number of aliphatic hydroxyl groups is 1. The highest BCUT2D eigenvalue weighted by Crippen LogP contribution is 2.26. The van der Waals surface area contributed by atoms with Gasteiger partial charge in [0.25, 0.3) is 5.91 Å². The Hall–Kier alpha value is -2.55. The lowest BCUT2D eigenvalue weighted by Crippen LogP contribution is -2.56. The number of likely N-dealkylation sites (tertiary alicyclic amines) is 1. The summed E-state index contributed by atoms with van der Waals surface area (Å²) in [6, 6.07) is 10.7. The maximum Gasteiger partial charge on any atom is 0.272 e. The number of aromatic nitrogens is 2. The Morgan fingerprint density at radius 2 is 1.91 bits per heavy atom. The normalized spacial score (nSPS) is 24.7. The van der Waals surface area contributed by atoms with Gasteiger partial charge in [-0.1, -0.05) is 24.3 Å². The van der Waals surface area contributed by atoms with Gasteiger partial charge in [-0.2, -0.15) is 0 Å². The second kappa shape index (κ2) is 9.52. The number of carbonyl (C=O) groups is 1. The summed E-state index contributed by atoms with van der Waals surface area (Å²) >= 11 is 0. The highest BCUT2D eigenvalue weighted by molar-refractivity contribution is 5.93. The molecule has 0 saturated carbocycles. The van der Waals surface area contributed by atoms with Crippen molar-refractivity contribution in [1.82, 2.24) is 25.1 Å². The van der Waals surface area contributed by atoms with E-state index in [-0.39, 0.29) is 11.9 Å². The van der Waals surface area contributed by atoms with Gasteiger partial charge in [-0.05, 0) is 49.9 Å². The maximum absolute atomic E-state index is 13.1. The lowest BCUT2D eigenvalue weighted by Gasteiger charge is -2.43. The van der Waals surface area contributed by atoms with Crippen LogP contribution in [-0.2, 0) is 13.0 Å². The van der Waals surface area contributed by atoms with Crippen molar-refractivity contribution in [3.63, 3.8) is 0 Å². The minimum atomic E-state index is -0.563. The summed E-state index contributed by atoms with van der Waals surface area (Å²) in [5.41, 5.74) is 3.14. The standard InChI is InChI=1S/C24H32N6O2/c31-22-15-30(12-8-21(22)29-11-7-17-3-1-2-4-18(17)14-29)24(32)20-13-23(27-16-26-20)28-19-5-9-25-10-6-19/h1-4,13,16,19,21-22,25,31H,5-12,14-15H2,(H,26,27,28)/t21-,22-/m0/s1. The lowest BCUT2D eigenvalue weighted by molar-refractivity contribution is -0.0139. The van der Waals surface area contributed by atoms with Crippen molar-refractivity contribution in [1.29, 1.82) is 0 Å². The number of aliphatic hydroxyl groups excluding tert-OH is 1. The minimum absolute atomic E-state index is 0.0787. The highest BCUT2D eigenvalue weighted by Gasteiger charge is 2.35. The number of piperidine rings is 2. The van der Waals surface area contributed by atoms with E-state index in [2.05, 4.69) is 49.8 Å². The molecule has 8 nitrogen and oxygen atoms in total.